The first kappa shape index (κ1) is 17.1. The molecule has 0 saturated carbocycles. The largest absolute Gasteiger partial charge is 0.394 e. The van der Waals surface area contributed by atoms with Crippen LogP contribution in [0, 0.1) is 5.82 Å². The molecule has 3 rings (SSSR count). The highest BCUT2D eigenvalue weighted by molar-refractivity contribution is 9.10. The molecule has 2 N–H and O–H groups in total. The summed E-state index contributed by atoms with van der Waals surface area (Å²) in [6, 6.07) is 6.59. The maximum Gasteiger partial charge on any atom is 0.134 e. The molecule has 1 saturated heterocycles. The molecular weight excluding hydrogens is 375 g/mol. The Morgan fingerprint density at radius 2 is 2.17 bits per heavy atom. The fourth-order valence-corrected chi connectivity index (χ4v) is 3.34. The molecule has 5 nitrogen and oxygen atoms in total. The van der Waals surface area contributed by atoms with Crippen molar-refractivity contribution in [3.8, 4) is 0 Å². The van der Waals surface area contributed by atoms with Gasteiger partial charge in [-0.2, -0.15) is 0 Å². The molecule has 128 valence electrons. The van der Waals surface area contributed by atoms with Crippen LogP contribution < -0.4 is 10.2 Å². The smallest absolute Gasteiger partial charge is 0.134 e. The molecule has 24 heavy (non-hydrogen) atoms. The van der Waals surface area contributed by atoms with Crippen molar-refractivity contribution >= 4 is 27.6 Å². The number of rotatable bonds is 5. The number of nitrogens with zero attached hydrogens (tertiary/aromatic N) is 3. The van der Waals surface area contributed by atoms with Crippen LogP contribution in [0.5, 0.6) is 0 Å². The van der Waals surface area contributed by atoms with Crippen LogP contribution in [0.25, 0.3) is 0 Å². The summed E-state index contributed by atoms with van der Waals surface area (Å²) in [5.74, 6) is 1.22. The van der Waals surface area contributed by atoms with Crippen molar-refractivity contribution < 1.29 is 9.50 Å². The Balaban J connectivity index is 1.72. The molecule has 2 heterocycles. The summed E-state index contributed by atoms with van der Waals surface area (Å²) < 4.78 is 14.2. The maximum absolute atomic E-state index is 13.4. The van der Waals surface area contributed by atoms with Crippen molar-refractivity contribution in [3.63, 3.8) is 0 Å². The van der Waals surface area contributed by atoms with Gasteiger partial charge in [-0.3, -0.25) is 0 Å². The lowest BCUT2D eigenvalue weighted by atomic mass is 10.0. The number of benzene rings is 1. The number of hydrogen-bond donors (Lipinski definition) is 2. The number of halogens is 2. The molecule has 0 amide bonds. The monoisotopic (exact) mass is 394 g/mol. The van der Waals surface area contributed by atoms with Gasteiger partial charge in [0.2, 0.25) is 0 Å². The molecule has 1 unspecified atom stereocenters. The van der Waals surface area contributed by atoms with E-state index in [4.69, 9.17) is 0 Å². The van der Waals surface area contributed by atoms with E-state index in [1.807, 2.05) is 6.07 Å². The Labute approximate surface area is 149 Å². The molecule has 0 spiro atoms. The van der Waals surface area contributed by atoms with Crippen LogP contribution in [-0.4, -0.2) is 34.3 Å². The van der Waals surface area contributed by atoms with Gasteiger partial charge in [-0.05, 0) is 43.0 Å². The lowest BCUT2D eigenvalue weighted by Gasteiger charge is -2.35. The Bertz CT molecular complexity index is 700. The fourth-order valence-electron chi connectivity index (χ4n) is 2.96. The van der Waals surface area contributed by atoms with E-state index in [-0.39, 0.29) is 18.5 Å². The Kier molecular flexibility index (Phi) is 5.63. The van der Waals surface area contributed by atoms with Gasteiger partial charge < -0.3 is 15.3 Å². The minimum atomic E-state index is -0.266. The van der Waals surface area contributed by atoms with E-state index in [0.29, 0.717) is 12.4 Å². The van der Waals surface area contributed by atoms with Crippen molar-refractivity contribution in [1.82, 2.24) is 9.97 Å². The number of hydrogen-bond acceptors (Lipinski definition) is 5. The molecule has 0 aliphatic carbocycles. The number of aliphatic hydroxyl groups is 1. The van der Waals surface area contributed by atoms with Crippen LogP contribution in [-0.2, 0) is 6.54 Å². The third kappa shape index (κ3) is 4.02. The third-order valence-electron chi connectivity index (χ3n) is 4.25. The van der Waals surface area contributed by atoms with Crippen molar-refractivity contribution in [3.05, 3.63) is 46.4 Å². The summed E-state index contributed by atoms with van der Waals surface area (Å²) in [6.07, 6.45) is 4.71. The van der Waals surface area contributed by atoms with E-state index in [2.05, 4.69) is 36.1 Å². The first-order chi connectivity index (χ1) is 11.7. The van der Waals surface area contributed by atoms with Crippen LogP contribution in [0.3, 0.4) is 0 Å². The first-order valence-electron chi connectivity index (χ1n) is 8.04. The Morgan fingerprint density at radius 3 is 3.00 bits per heavy atom. The van der Waals surface area contributed by atoms with Gasteiger partial charge in [0.05, 0.1) is 12.6 Å². The van der Waals surface area contributed by atoms with Gasteiger partial charge in [-0.1, -0.05) is 15.9 Å². The second-order valence-electron chi connectivity index (χ2n) is 5.88. The summed E-state index contributed by atoms with van der Waals surface area (Å²) in [5.41, 5.74) is 0.821. The highest BCUT2D eigenvalue weighted by Gasteiger charge is 2.23. The van der Waals surface area contributed by atoms with Crippen molar-refractivity contribution in [2.75, 3.05) is 23.4 Å². The summed E-state index contributed by atoms with van der Waals surface area (Å²) in [4.78, 5) is 10.7. The molecule has 1 atom stereocenters. The lowest BCUT2D eigenvalue weighted by molar-refractivity contribution is 0.239. The predicted octanol–water partition coefficient (Wildman–Crippen LogP) is 3.34. The standard InChI is InChI=1S/C17H20BrFN4O/c18-15-5-4-13(19)7-12(15)9-20-16-8-17(22-11-21-16)23-6-2-1-3-14(23)10-24/h4-5,7-8,11,14,24H,1-3,6,9-10H2,(H,20,21,22). The number of anilines is 2. The SMILES string of the molecule is OCC1CCCCN1c1cc(NCc2cc(F)ccc2Br)ncn1. The molecule has 0 radical (unpaired) electrons. The second kappa shape index (κ2) is 7.90. The van der Waals surface area contributed by atoms with Crippen molar-refractivity contribution in [2.45, 2.75) is 31.8 Å². The van der Waals surface area contributed by atoms with Gasteiger partial charge in [0.25, 0.3) is 0 Å². The summed E-state index contributed by atoms with van der Waals surface area (Å²) in [6.45, 7) is 1.47. The topological polar surface area (TPSA) is 61.3 Å². The molecule has 0 bridgehead atoms. The zero-order valence-electron chi connectivity index (χ0n) is 13.3. The van der Waals surface area contributed by atoms with Crippen molar-refractivity contribution in [2.24, 2.45) is 0 Å². The molecule has 7 heteroatoms. The Hall–Kier alpha value is -1.73. The van der Waals surface area contributed by atoms with Crippen LogP contribution in [0.2, 0.25) is 0 Å². The van der Waals surface area contributed by atoms with Gasteiger partial charge in [0.1, 0.15) is 23.8 Å². The van der Waals surface area contributed by atoms with Crippen LogP contribution in [0.1, 0.15) is 24.8 Å². The summed E-state index contributed by atoms with van der Waals surface area (Å²) in [5, 5.41) is 12.8. The number of aromatic nitrogens is 2. The summed E-state index contributed by atoms with van der Waals surface area (Å²) in [7, 11) is 0. The molecule has 1 fully saturated rings. The van der Waals surface area contributed by atoms with Gasteiger partial charge in [0, 0.05) is 23.6 Å². The quantitative estimate of drug-likeness (QED) is 0.813. The van der Waals surface area contributed by atoms with Gasteiger partial charge in [-0.25, -0.2) is 14.4 Å². The summed E-state index contributed by atoms with van der Waals surface area (Å²) >= 11 is 3.42. The molecular formula is C17H20BrFN4O. The van der Waals surface area contributed by atoms with E-state index in [1.165, 1.54) is 18.5 Å². The van der Waals surface area contributed by atoms with E-state index in [0.717, 1.165) is 41.7 Å². The van der Waals surface area contributed by atoms with Crippen molar-refractivity contribution in [1.29, 1.82) is 0 Å². The minimum absolute atomic E-state index is 0.110. The predicted molar refractivity (Wildman–Crippen MR) is 95.5 cm³/mol. The molecule has 2 aromatic rings. The number of piperidine rings is 1. The van der Waals surface area contributed by atoms with Gasteiger partial charge in [-0.15, -0.1) is 0 Å². The van der Waals surface area contributed by atoms with Gasteiger partial charge >= 0.3 is 0 Å². The van der Waals surface area contributed by atoms with Crippen LogP contribution in [0.4, 0.5) is 16.0 Å². The molecule has 1 aromatic heterocycles. The first-order valence-corrected chi connectivity index (χ1v) is 8.84. The van der Waals surface area contributed by atoms with E-state index >= 15 is 0 Å². The average molecular weight is 395 g/mol. The zero-order chi connectivity index (χ0) is 16.9. The van der Waals surface area contributed by atoms with Crippen LogP contribution in [0.15, 0.2) is 35.1 Å². The minimum Gasteiger partial charge on any atom is -0.394 e. The Morgan fingerprint density at radius 1 is 1.29 bits per heavy atom. The van der Waals surface area contributed by atoms with Crippen LogP contribution >= 0.6 is 15.9 Å². The highest BCUT2D eigenvalue weighted by Crippen LogP contribution is 2.24. The molecule has 1 aromatic carbocycles. The molecule has 1 aliphatic heterocycles. The van der Waals surface area contributed by atoms with E-state index in [1.54, 1.807) is 6.07 Å². The second-order valence-corrected chi connectivity index (χ2v) is 6.73. The average Bonchev–Trinajstić information content (AvgIpc) is 2.62. The zero-order valence-corrected chi connectivity index (χ0v) is 14.8. The highest BCUT2D eigenvalue weighted by atomic mass is 79.9. The molecule has 1 aliphatic rings. The fraction of sp³-hybridized carbons (Fsp3) is 0.412. The van der Waals surface area contributed by atoms with E-state index in [9.17, 15) is 9.50 Å². The van der Waals surface area contributed by atoms with Gasteiger partial charge in [0.15, 0.2) is 0 Å². The normalized spacial score (nSPS) is 17.8. The third-order valence-corrected chi connectivity index (χ3v) is 5.03. The van der Waals surface area contributed by atoms with E-state index < -0.39 is 0 Å². The lowest BCUT2D eigenvalue weighted by Crippen LogP contribution is -2.42. The number of nitrogens with one attached hydrogen (secondary N) is 1. The number of aliphatic hydroxyl groups excluding tert-OH is 1. The maximum atomic E-state index is 13.4.